The molecular weight excluding hydrogens is 288 g/mol. The lowest BCUT2D eigenvalue weighted by Gasteiger charge is -2.15. The van der Waals surface area contributed by atoms with Crippen LogP contribution < -0.4 is 0 Å². The Balaban J connectivity index is 1.83. The van der Waals surface area contributed by atoms with Crippen LogP contribution in [-0.2, 0) is 24.9 Å². The van der Waals surface area contributed by atoms with Gasteiger partial charge in [0.15, 0.2) is 5.78 Å². The molecule has 4 nitrogen and oxygen atoms in total. The van der Waals surface area contributed by atoms with E-state index in [0.29, 0.717) is 6.42 Å². The highest BCUT2D eigenvalue weighted by molar-refractivity contribution is 6.08. The van der Waals surface area contributed by atoms with Gasteiger partial charge in [-0.15, -0.1) is 0 Å². The number of aromatic nitrogens is 1. The number of fused-ring (bicyclic) bond motifs is 2. The van der Waals surface area contributed by atoms with Gasteiger partial charge < -0.3 is 9.30 Å². The number of ether oxygens (including phenoxy) is 1. The van der Waals surface area contributed by atoms with Gasteiger partial charge in [0.05, 0.1) is 12.7 Å². The van der Waals surface area contributed by atoms with Crippen molar-refractivity contribution >= 4 is 16.7 Å². The number of nitrogens with zero attached hydrogens (tertiary/aromatic N) is 2. The van der Waals surface area contributed by atoms with Crippen molar-refractivity contribution in [1.82, 2.24) is 9.47 Å². The van der Waals surface area contributed by atoms with Gasteiger partial charge in [-0.05, 0) is 37.1 Å². The third-order valence-electron chi connectivity index (χ3n) is 4.58. The first-order valence-corrected chi connectivity index (χ1v) is 8.47. The molecule has 0 atom stereocenters. The van der Waals surface area contributed by atoms with E-state index in [2.05, 4.69) is 35.4 Å². The van der Waals surface area contributed by atoms with Crippen molar-refractivity contribution in [2.75, 3.05) is 13.2 Å². The van der Waals surface area contributed by atoms with Crippen LogP contribution in [0.25, 0.3) is 10.9 Å². The van der Waals surface area contributed by atoms with Gasteiger partial charge in [0.1, 0.15) is 0 Å². The van der Waals surface area contributed by atoms with Gasteiger partial charge >= 0.3 is 0 Å². The Morgan fingerprint density at radius 1 is 1.26 bits per heavy atom. The van der Waals surface area contributed by atoms with E-state index in [9.17, 15) is 4.79 Å². The summed E-state index contributed by atoms with van der Waals surface area (Å²) in [6.07, 6.45) is 2.81. The van der Waals surface area contributed by atoms with Crippen LogP contribution >= 0.6 is 0 Å². The van der Waals surface area contributed by atoms with Crippen molar-refractivity contribution in [2.24, 2.45) is 7.05 Å². The Morgan fingerprint density at radius 3 is 2.61 bits per heavy atom. The molecule has 0 saturated heterocycles. The summed E-state index contributed by atoms with van der Waals surface area (Å²) in [7, 11) is 2.02. The molecule has 2 aromatic rings. The zero-order valence-electron chi connectivity index (χ0n) is 14.6. The van der Waals surface area contributed by atoms with E-state index in [-0.39, 0.29) is 11.9 Å². The standard InChI is InChI=1S/C19H26N2O2/c1-5-19(22)17-12-20(4)18-9-15-11-21(6-7-23-13(2)3)10-14(15)8-16(17)18/h8-9,12-13H,5-7,10-11H2,1-4H3. The van der Waals surface area contributed by atoms with E-state index in [1.165, 1.54) is 11.1 Å². The maximum Gasteiger partial charge on any atom is 0.164 e. The van der Waals surface area contributed by atoms with Crippen LogP contribution in [0.3, 0.4) is 0 Å². The second-order valence-corrected chi connectivity index (χ2v) is 6.70. The van der Waals surface area contributed by atoms with Crippen LogP contribution in [-0.4, -0.2) is 34.5 Å². The van der Waals surface area contributed by atoms with Crippen LogP contribution in [0.1, 0.15) is 48.7 Å². The second-order valence-electron chi connectivity index (χ2n) is 6.70. The molecule has 0 N–H and O–H groups in total. The molecule has 0 radical (unpaired) electrons. The molecule has 0 saturated carbocycles. The molecule has 1 aromatic carbocycles. The van der Waals surface area contributed by atoms with E-state index in [1.54, 1.807) is 0 Å². The van der Waals surface area contributed by atoms with Crippen molar-refractivity contribution in [2.45, 2.75) is 46.4 Å². The smallest absolute Gasteiger partial charge is 0.164 e. The van der Waals surface area contributed by atoms with Gasteiger partial charge in [-0.2, -0.15) is 0 Å². The molecule has 23 heavy (non-hydrogen) atoms. The molecule has 0 spiro atoms. The number of Topliss-reactive ketones (excluding diaryl/α,β-unsaturated/α-hetero) is 1. The van der Waals surface area contributed by atoms with Gasteiger partial charge in [0.25, 0.3) is 0 Å². The minimum atomic E-state index is 0.218. The Bertz CT molecular complexity index is 731. The number of rotatable bonds is 6. The van der Waals surface area contributed by atoms with E-state index < -0.39 is 0 Å². The molecule has 124 valence electrons. The Hall–Kier alpha value is -1.65. The Kier molecular flexibility index (Phi) is 4.55. The number of ketones is 1. The van der Waals surface area contributed by atoms with Crippen LogP contribution in [0.15, 0.2) is 18.3 Å². The topological polar surface area (TPSA) is 34.5 Å². The molecule has 0 aliphatic carbocycles. The minimum absolute atomic E-state index is 0.218. The lowest BCUT2D eigenvalue weighted by molar-refractivity contribution is 0.0584. The summed E-state index contributed by atoms with van der Waals surface area (Å²) in [5, 5.41) is 1.10. The summed E-state index contributed by atoms with van der Waals surface area (Å²) in [5.74, 6) is 0.218. The van der Waals surface area contributed by atoms with E-state index in [1.807, 2.05) is 20.2 Å². The molecule has 0 unspecified atom stereocenters. The summed E-state index contributed by atoms with van der Waals surface area (Å²) in [4.78, 5) is 14.6. The largest absolute Gasteiger partial charge is 0.377 e. The van der Waals surface area contributed by atoms with E-state index in [4.69, 9.17) is 4.74 Å². The SMILES string of the molecule is CCC(=O)c1cn(C)c2cc3c(cc12)CN(CCOC(C)C)C3. The number of aryl methyl sites for hydroxylation is 1. The first-order valence-electron chi connectivity index (χ1n) is 8.47. The van der Waals surface area contributed by atoms with E-state index in [0.717, 1.165) is 42.7 Å². The second kappa shape index (κ2) is 6.46. The van der Waals surface area contributed by atoms with Gasteiger partial charge in [0, 0.05) is 55.8 Å². The summed E-state index contributed by atoms with van der Waals surface area (Å²) in [5.41, 5.74) is 4.73. The molecule has 0 fully saturated rings. The third kappa shape index (κ3) is 3.19. The maximum atomic E-state index is 12.2. The maximum absolute atomic E-state index is 12.2. The highest BCUT2D eigenvalue weighted by atomic mass is 16.5. The molecule has 1 aromatic heterocycles. The van der Waals surface area contributed by atoms with E-state index >= 15 is 0 Å². The molecule has 2 heterocycles. The highest BCUT2D eigenvalue weighted by Crippen LogP contribution is 2.30. The first kappa shape index (κ1) is 16.2. The van der Waals surface area contributed by atoms with Crippen LogP contribution in [0.4, 0.5) is 0 Å². The fourth-order valence-corrected chi connectivity index (χ4v) is 3.34. The molecule has 0 bridgehead atoms. The predicted octanol–water partition coefficient (Wildman–Crippen LogP) is 3.51. The summed E-state index contributed by atoms with van der Waals surface area (Å²) < 4.78 is 7.73. The summed E-state index contributed by atoms with van der Waals surface area (Å²) in [6.45, 7) is 9.69. The lowest BCUT2D eigenvalue weighted by Crippen LogP contribution is -2.23. The van der Waals surface area contributed by atoms with Gasteiger partial charge in [-0.3, -0.25) is 9.69 Å². The fourth-order valence-electron chi connectivity index (χ4n) is 3.34. The lowest BCUT2D eigenvalue weighted by atomic mass is 10.0. The zero-order valence-corrected chi connectivity index (χ0v) is 14.6. The molecule has 1 aliphatic rings. The van der Waals surface area contributed by atoms with Crippen molar-refractivity contribution in [3.63, 3.8) is 0 Å². The van der Waals surface area contributed by atoms with Crippen LogP contribution in [0, 0.1) is 0 Å². The molecule has 3 rings (SSSR count). The van der Waals surface area contributed by atoms with Gasteiger partial charge in [0.2, 0.25) is 0 Å². The molecule has 0 amide bonds. The van der Waals surface area contributed by atoms with Crippen molar-refractivity contribution < 1.29 is 9.53 Å². The van der Waals surface area contributed by atoms with Crippen molar-refractivity contribution in [3.05, 3.63) is 35.0 Å². The fraction of sp³-hybridized carbons (Fsp3) is 0.526. The first-order chi connectivity index (χ1) is 11.0. The molecular formula is C19H26N2O2. The normalized spacial score (nSPS) is 14.8. The number of benzene rings is 1. The Morgan fingerprint density at radius 2 is 1.96 bits per heavy atom. The summed E-state index contributed by atoms with van der Waals surface area (Å²) in [6, 6.07) is 4.47. The zero-order chi connectivity index (χ0) is 16.6. The van der Waals surface area contributed by atoms with Gasteiger partial charge in [-0.1, -0.05) is 6.92 Å². The number of carbonyl (C=O) groups is 1. The number of carbonyl (C=O) groups excluding carboxylic acids is 1. The average molecular weight is 314 g/mol. The summed E-state index contributed by atoms with van der Waals surface area (Å²) >= 11 is 0. The molecule has 4 heteroatoms. The predicted molar refractivity (Wildman–Crippen MR) is 92.7 cm³/mol. The van der Waals surface area contributed by atoms with Gasteiger partial charge in [-0.25, -0.2) is 0 Å². The highest BCUT2D eigenvalue weighted by Gasteiger charge is 2.22. The quantitative estimate of drug-likeness (QED) is 0.765. The number of hydrogen-bond donors (Lipinski definition) is 0. The third-order valence-corrected chi connectivity index (χ3v) is 4.58. The van der Waals surface area contributed by atoms with Crippen molar-refractivity contribution in [3.8, 4) is 0 Å². The van der Waals surface area contributed by atoms with Crippen LogP contribution in [0.2, 0.25) is 0 Å². The minimum Gasteiger partial charge on any atom is -0.377 e. The van der Waals surface area contributed by atoms with Crippen molar-refractivity contribution in [1.29, 1.82) is 0 Å². The van der Waals surface area contributed by atoms with Crippen LogP contribution in [0.5, 0.6) is 0 Å². The average Bonchev–Trinajstić information content (AvgIpc) is 3.05. The number of hydrogen-bond acceptors (Lipinski definition) is 3. The Labute approximate surface area is 138 Å². The molecule has 1 aliphatic heterocycles. The monoisotopic (exact) mass is 314 g/mol.